The number of benzene rings is 1. The Labute approximate surface area is 113 Å². The molecule has 0 saturated carbocycles. The summed E-state index contributed by atoms with van der Waals surface area (Å²) in [5, 5.41) is 0.813. The molecule has 0 amide bonds. The van der Waals surface area contributed by atoms with Gasteiger partial charge in [-0.1, -0.05) is 23.7 Å². The van der Waals surface area contributed by atoms with Gasteiger partial charge in [0.2, 0.25) is 0 Å². The van der Waals surface area contributed by atoms with Crippen molar-refractivity contribution < 1.29 is 0 Å². The smallest absolute Gasteiger partial charge is 0.0712 e. The zero-order valence-corrected chi connectivity index (χ0v) is 11.6. The quantitative estimate of drug-likeness (QED) is 0.781. The molecule has 1 aliphatic rings. The molecule has 1 aromatic rings. The average Bonchev–Trinajstić information content (AvgIpc) is 2.33. The van der Waals surface area contributed by atoms with Gasteiger partial charge in [0.15, 0.2) is 0 Å². The van der Waals surface area contributed by atoms with Gasteiger partial charge in [-0.3, -0.25) is 4.90 Å². The van der Waals surface area contributed by atoms with Crippen molar-refractivity contribution in [2.24, 2.45) is 0 Å². The van der Waals surface area contributed by atoms with E-state index < -0.39 is 0 Å². The molecule has 0 bridgehead atoms. The van der Waals surface area contributed by atoms with Gasteiger partial charge in [0.25, 0.3) is 0 Å². The first kappa shape index (κ1) is 13.2. The lowest BCUT2D eigenvalue weighted by atomic mass is 10.1. The van der Waals surface area contributed by atoms with Crippen LogP contribution < -0.4 is 0 Å². The molecule has 0 aliphatic carbocycles. The molecule has 0 radical (unpaired) electrons. The highest BCUT2D eigenvalue weighted by Gasteiger charge is 2.17. The summed E-state index contributed by atoms with van der Waals surface area (Å²) in [4.78, 5) is 4.77. The largest absolute Gasteiger partial charge is 0.304 e. The average molecular weight is 273 g/mol. The fraction of sp³-hybridized carbons (Fsp3) is 0.538. The molecular formula is C13H18Cl2N2. The van der Waals surface area contributed by atoms with Gasteiger partial charge >= 0.3 is 0 Å². The Morgan fingerprint density at radius 1 is 1.12 bits per heavy atom. The lowest BCUT2D eigenvalue weighted by molar-refractivity contribution is 0.154. The minimum absolute atomic E-state index is 0.0515. The minimum atomic E-state index is 0.0515. The Bertz CT molecular complexity index is 345. The molecule has 94 valence electrons. The predicted octanol–water partition coefficient (Wildman–Crippen LogP) is 2.87. The van der Waals surface area contributed by atoms with Gasteiger partial charge in [-0.25, -0.2) is 0 Å². The number of halogens is 2. The van der Waals surface area contributed by atoms with Gasteiger partial charge < -0.3 is 4.90 Å². The number of nitrogens with zero attached hydrogens (tertiary/aromatic N) is 2. The van der Waals surface area contributed by atoms with Gasteiger partial charge in [-0.15, -0.1) is 11.6 Å². The maximum atomic E-state index is 6.43. The third-order valence-electron chi connectivity index (χ3n) is 3.25. The highest BCUT2D eigenvalue weighted by Crippen LogP contribution is 2.23. The summed E-state index contributed by atoms with van der Waals surface area (Å²) < 4.78 is 0. The normalized spacial score (nSPS) is 20.4. The predicted molar refractivity (Wildman–Crippen MR) is 74.0 cm³/mol. The Balaban J connectivity index is 1.88. The fourth-order valence-corrected chi connectivity index (χ4v) is 2.50. The monoisotopic (exact) mass is 272 g/mol. The van der Waals surface area contributed by atoms with Crippen molar-refractivity contribution in [2.45, 2.75) is 5.38 Å². The van der Waals surface area contributed by atoms with Crippen molar-refractivity contribution in [1.82, 2.24) is 9.80 Å². The van der Waals surface area contributed by atoms with Crippen LogP contribution in [0.4, 0.5) is 0 Å². The van der Waals surface area contributed by atoms with Crippen LogP contribution in [-0.4, -0.2) is 49.6 Å². The molecule has 1 unspecified atom stereocenters. The van der Waals surface area contributed by atoms with E-state index in [9.17, 15) is 0 Å². The molecule has 1 aliphatic heterocycles. The summed E-state index contributed by atoms with van der Waals surface area (Å²) in [5.74, 6) is 0. The second-order valence-electron chi connectivity index (χ2n) is 4.62. The van der Waals surface area contributed by atoms with Gasteiger partial charge in [0.05, 0.1) is 5.38 Å². The zero-order valence-electron chi connectivity index (χ0n) is 10.1. The topological polar surface area (TPSA) is 6.48 Å². The summed E-state index contributed by atoms with van der Waals surface area (Å²) in [6.07, 6.45) is 0. The van der Waals surface area contributed by atoms with Gasteiger partial charge in [-0.05, 0) is 24.7 Å². The second kappa shape index (κ2) is 6.05. The third-order valence-corrected chi connectivity index (χ3v) is 3.89. The summed E-state index contributed by atoms with van der Waals surface area (Å²) in [7, 11) is 2.16. The van der Waals surface area contributed by atoms with Gasteiger partial charge in [-0.2, -0.15) is 0 Å². The first-order valence-electron chi connectivity index (χ1n) is 5.95. The molecule has 1 heterocycles. The van der Waals surface area contributed by atoms with Crippen molar-refractivity contribution in [2.75, 3.05) is 39.8 Å². The highest BCUT2D eigenvalue weighted by atomic mass is 35.5. The molecule has 1 aromatic carbocycles. The SMILES string of the molecule is CN1CCN(CC(Cl)c2ccc(Cl)cc2)CC1. The summed E-state index contributed by atoms with van der Waals surface area (Å²) >= 11 is 12.3. The van der Waals surface area contributed by atoms with Crippen LogP contribution in [0.2, 0.25) is 5.02 Å². The van der Waals surface area contributed by atoms with Crippen molar-refractivity contribution in [3.8, 4) is 0 Å². The number of rotatable bonds is 3. The second-order valence-corrected chi connectivity index (χ2v) is 5.59. The van der Waals surface area contributed by atoms with Crippen LogP contribution in [0.1, 0.15) is 10.9 Å². The Morgan fingerprint density at radius 2 is 1.71 bits per heavy atom. The first-order valence-corrected chi connectivity index (χ1v) is 6.77. The van der Waals surface area contributed by atoms with Crippen molar-refractivity contribution in [1.29, 1.82) is 0 Å². The maximum Gasteiger partial charge on any atom is 0.0712 e. The molecule has 1 fully saturated rings. The molecule has 1 atom stereocenters. The van der Waals surface area contributed by atoms with Crippen molar-refractivity contribution >= 4 is 23.2 Å². The Morgan fingerprint density at radius 3 is 2.29 bits per heavy atom. The first-order chi connectivity index (χ1) is 8.15. The lowest BCUT2D eigenvalue weighted by Gasteiger charge is -2.33. The van der Waals surface area contributed by atoms with Crippen LogP contribution in [-0.2, 0) is 0 Å². The van der Waals surface area contributed by atoms with E-state index in [1.54, 1.807) is 0 Å². The van der Waals surface area contributed by atoms with Crippen molar-refractivity contribution in [3.05, 3.63) is 34.9 Å². The fourth-order valence-electron chi connectivity index (χ4n) is 2.03. The number of alkyl halides is 1. The van der Waals surface area contributed by atoms with E-state index in [-0.39, 0.29) is 5.38 Å². The van der Waals surface area contributed by atoms with E-state index >= 15 is 0 Å². The Hall–Kier alpha value is -0.280. The van der Waals surface area contributed by atoms with Gasteiger partial charge in [0.1, 0.15) is 0 Å². The zero-order chi connectivity index (χ0) is 12.3. The molecule has 2 nitrogen and oxygen atoms in total. The molecule has 17 heavy (non-hydrogen) atoms. The molecular weight excluding hydrogens is 255 g/mol. The highest BCUT2D eigenvalue weighted by molar-refractivity contribution is 6.30. The number of likely N-dealkylation sites (N-methyl/N-ethyl adjacent to an activating group) is 1. The summed E-state index contributed by atoms with van der Waals surface area (Å²) in [6, 6.07) is 7.82. The van der Waals surface area contributed by atoms with Crippen LogP contribution in [0.25, 0.3) is 0 Å². The lowest BCUT2D eigenvalue weighted by Crippen LogP contribution is -2.45. The van der Waals surface area contributed by atoms with E-state index in [4.69, 9.17) is 23.2 Å². The van der Waals surface area contributed by atoms with Crippen LogP contribution >= 0.6 is 23.2 Å². The third kappa shape index (κ3) is 3.85. The van der Waals surface area contributed by atoms with E-state index in [2.05, 4.69) is 16.8 Å². The molecule has 0 spiro atoms. The van der Waals surface area contributed by atoms with E-state index in [1.807, 2.05) is 24.3 Å². The minimum Gasteiger partial charge on any atom is -0.304 e. The maximum absolute atomic E-state index is 6.43. The number of piperazine rings is 1. The van der Waals surface area contributed by atoms with Crippen LogP contribution in [0, 0.1) is 0 Å². The van der Waals surface area contributed by atoms with Crippen LogP contribution in [0.3, 0.4) is 0 Å². The summed E-state index contributed by atoms with van der Waals surface area (Å²) in [6.45, 7) is 5.38. The molecule has 0 aromatic heterocycles. The summed E-state index contributed by atoms with van der Waals surface area (Å²) in [5.41, 5.74) is 1.15. The van der Waals surface area contributed by atoms with Crippen LogP contribution in [0.15, 0.2) is 24.3 Å². The van der Waals surface area contributed by atoms with Gasteiger partial charge in [0, 0.05) is 37.7 Å². The van der Waals surface area contributed by atoms with E-state index in [0.717, 1.165) is 43.3 Å². The Kier molecular flexibility index (Phi) is 4.69. The van der Waals surface area contributed by atoms with Crippen molar-refractivity contribution in [3.63, 3.8) is 0 Å². The number of hydrogen-bond donors (Lipinski definition) is 0. The molecule has 0 N–H and O–H groups in total. The standard InChI is InChI=1S/C13H18Cl2N2/c1-16-6-8-17(9-7-16)10-13(15)11-2-4-12(14)5-3-11/h2-5,13H,6-10H2,1H3. The molecule has 4 heteroatoms. The van der Waals surface area contributed by atoms with E-state index in [1.165, 1.54) is 0 Å². The van der Waals surface area contributed by atoms with E-state index in [0.29, 0.717) is 0 Å². The number of hydrogen-bond acceptors (Lipinski definition) is 2. The van der Waals surface area contributed by atoms with Crippen LogP contribution in [0.5, 0.6) is 0 Å². The molecule has 2 rings (SSSR count). The molecule has 1 saturated heterocycles.